The zero-order valence-electron chi connectivity index (χ0n) is 13.4. The van der Waals surface area contributed by atoms with E-state index in [9.17, 15) is 4.39 Å². The highest BCUT2D eigenvalue weighted by atomic mass is 19.1. The van der Waals surface area contributed by atoms with Crippen LogP contribution >= 0.6 is 0 Å². The van der Waals surface area contributed by atoms with Gasteiger partial charge in [-0.15, -0.1) is 0 Å². The zero-order chi connectivity index (χ0) is 17.1. The van der Waals surface area contributed by atoms with Crippen LogP contribution in [0.2, 0.25) is 0 Å². The van der Waals surface area contributed by atoms with E-state index in [1.807, 2.05) is 65.2 Å². The second kappa shape index (κ2) is 6.61. The third-order valence-corrected chi connectivity index (χ3v) is 3.95. The van der Waals surface area contributed by atoms with Gasteiger partial charge in [-0.1, -0.05) is 36.4 Å². The molecule has 4 aromatic rings. The molecule has 3 nitrogen and oxygen atoms in total. The predicted molar refractivity (Wildman–Crippen MR) is 98.7 cm³/mol. The van der Waals surface area contributed by atoms with Gasteiger partial charge in [-0.3, -0.25) is 4.57 Å². The van der Waals surface area contributed by atoms with Gasteiger partial charge in [0.25, 0.3) is 0 Å². The number of hydrogen-bond donors (Lipinski definition) is 1. The van der Waals surface area contributed by atoms with Crippen molar-refractivity contribution in [3.63, 3.8) is 0 Å². The molecule has 0 radical (unpaired) electrons. The largest absolute Gasteiger partial charge is 0.325 e. The third-order valence-electron chi connectivity index (χ3n) is 3.95. The molecule has 0 bridgehead atoms. The molecule has 0 unspecified atom stereocenters. The van der Waals surface area contributed by atoms with E-state index in [1.54, 1.807) is 18.3 Å². The lowest BCUT2D eigenvalue weighted by molar-refractivity contribution is 0.628. The van der Waals surface area contributed by atoms with Crippen LogP contribution < -0.4 is 5.32 Å². The van der Waals surface area contributed by atoms with Gasteiger partial charge in [0.05, 0.1) is 11.9 Å². The molecule has 0 saturated carbocycles. The van der Waals surface area contributed by atoms with E-state index < -0.39 is 0 Å². The number of aromatic nitrogens is 2. The summed E-state index contributed by atoms with van der Waals surface area (Å²) in [5, 5.41) is 3.35. The number of nitrogens with zero attached hydrogens (tertiary/aromatic N) is 2. The Morgan fingerprint density at radius 3 is 2.08 bits per heavy atom. The lowest BCUT2D eigenvalue weighted by Crippen LogP contribution is -2.03. The predicted octanol–water partition coefficient (Wildman–Crippen LogP) is 5.42. The SMILES string of the molecule is Fc1ccc(-c2cnc(Nc3ccccc3)n2-c2ccccc2)cc1. The molecule has 0 atom stereocenters. The van der Waals surface area contributed by atoms with Crippen LogP contribution in [0.4, 0.5) is 16.0 Å². The van der Waals surface area contributed by atoms with Crippen molar-refractivity contribution in [1.29, 1.82) is 0 Å². The van der Waals surface area contributed by atoms with Crippen LogP contribution in [0, 0.1) is 5.82 Å². The molecule has 3 aromatic carbocycles. The second-order valence-corrected chi connectivity index (χ2v) is 5.64. The van der Waals surface area contributed by atoms with Crippen LogP contribution in [0.3, 0.4) is 0 Å². The Labute approximate surface area is 145 Å². The highest BCUT2D eigenvalue weighted by Gasteiger charge is 2.13. The van der Waals surface area contributed by atoms with E-state index in [2.05, 4.69) is 10.3 Å². The van der Waals surface area contributed by atoms with Crippen LogP contribution in [-0.2, 0) is 0 Å². The number of hydrogen-bond acceptors (Lipinski definition) is 2. The van der Waals surface area contributed by atoms with Crippen LogP contribution in [0.25, 0.3) is 16.9 Å². The van der Waals surface area contributed by atoms with Crippen molar-refractivity contribution in [3.05, 3.63) is 96.9 Å². The first-order valence-electron chi connectivity index (χ1n) is 8.02. The summed E-state index contributed by atoms with van der Waals surface area (Å²) in [6.07, 6.45) is 1.80. The van der Waals surface area contributed by atoms with Crippen molar-refractivity contribution in [3.8, 4) is 16.9 Å². The van der Waals surface area contributed by atoms with Crippen molar-refractivity contribution in [2.75, 3.05) is 5.32 Å². The van der Waals surface area contributed by atoms with Gasteiger partial charge in [0.1, 0.15) is 5.82 Å². The molecular weight excluding hydrogens is 313 g/mol. The lowest BCUT2D eigenvalue weighted by atomic mass is 10.1. The van der Waals surface area contributed by atoms with E-state index in [0.717, 1.165) is 22.6 Å². The highest BCUT2D eigenvalue weighted by Crippen LogP contribution is 2.29. The first-order valence-corrected chi connectivity index (χ1v) is 8.02. The van der Waals surface area contributed by atoms with E-state index in [-0.39, 0.29) is 5.82 Å². The minimum Gasteiger partial charge on any atom is -0.325 e. The van der Waals surface area contributed by atoms with E-state index in [1.165, 1.54) is 12.1 Å². The van der Waals surface area contributed by atoms with Gasteiger partial charge in [-0.05, 0) is 48.5 Å². The summed E-state index contributed by atoms with van der Waals surface area (Å²) in [4.78, 5) is 4.54. The van der Waals surface area contributed by atoms with Crippen molar-refractivity contribution in [1.82, 2.24) is 9.55 Å². The molecule has 0 saturated heterocycles. The molecule has 122 valence electrons. The smallest absolute Gasteiger partial charge is 0.212 e. The summed E-state index contributed by atoms with van der Waals surface area (Å²) < 4.78 is 15.3. The highest BCUT2D eigenvalue weighted by molar-refractivity contribution is 5.67. The summed E-state index contributed by atoms with van der Waals surface area (Å²) >= 11 is 0. The van der Waals surface area contributed by atoms with Crippen molar-refractivity contribution >= 4 is 11.6 Å². The average Bonchev–Trinajstić information content (AvgIpc) is 3.07. The summed E-state index contributed by atoms with van der Waals surface area (Å²) in [5.74, 6) is 0.453. The first kappa shape index (κ1) is 15.1. The Hall–Kier alpha value is -3.40. The lowest BCUT2D eigenvalue weighted by Gasteiger charge is -2.13. The van der Waals surface area contributed by atoms with Gasteiger partial charge in [0.15, 0.2) is 0 Å². The van der Waals surface area contributed by atoms with Gasteiger partial charge in [-0.25, -0.2) is 9.37 Å². The maximum absolute atomic E-state index is 13.3. The van der Waals surface area contributed by atoms with Gasteiger partial charge >= 0.3 is 0 Å². The second-order valence-electron chi connectivity index (χ2n) is 5.64. The summed E-state index contributed by atoms with van der Waals surface area (Å²) in [7, 11) is 0. The first-order chi connectivity index (χ1) is 12.3. The monoisotopic (exact) mass is 329 g/mol. The molecule has 0 spiro atoms. The molecule has 1 heterocycles. The molecule has 1 aromatic heterocycles. The normalized spacial score (nSPS) is 10.6. The molecule has 0 amide bonds. The standard InChI is InChI=1S/C21H16FN3/c22-17-13-11-16(12-14-17)20-15-23-21(24-18-7-3-1-4-8-18)25(20)19-9-5-2-6-10-19/h1-15H,(H,23,24). The van der Waals surface area contributed by atoms with E-state index in [4.69, 9.17) is 0 Å². The fourth-order valence-corrected chi connectivity index (χ4v) is 2.75. The molecule has 0 aliphatic heterocycles. The van der Waals surface area contributed by atoms with Crippen molar-refractivity contribution in [2.45, 2.75) is 0 Å². The zero-order valence-corrected chi connectivity index (χ0v) is 13.4. The van der Waals surface area contributed by atoms with E-state index in [0.29, 0.717) is 5.95 Å². The minimum atomic E-state index is -0.253. The number of halogens is 1. The topological polar surface area (TPSA) is 29.9 Å². The number of rotatable bonds is 4. The number of para-hydroxylation sites is 2. The molecule has 1 N–H and O–H groups in total. The average molecular weight is 329 g/mol. The van der Waals surface area contributed by atoms with Gasteiger partial charge in [-0.2, -0.15) is 0 Å². The molecule has 0 aliphatic carbocycles. The molecule has 0 aliphatic rings. The number of nitrogens with one attached hydrogen (secondary N) is 1. The maximum atomic E-state index is 13.3. The van der Waals surface area contributed by atoms with Crippen LogP contribution in [-0.4, -0.2) is 9.55 Å². The third kappa shape index (κ3) is 3.15. The van der Waals surface area contributed by atoms with Gasteiger partial charge in [0.2, 0.25) is 5.95 Å². The Morgan fingerprint density at radius 1 is 0.760 bits per heavy atom. The fraction of sp³-hybridized carbons (Fsp3) is 0. The number of imidazole rings is 1. The summed E-state index contributed by atoms with van der Waals surface area (Å²) in [5.41, 5.74) is 3.73. The number of anilines is 2. The van der Waals surface area contributed by atoms with Gasteiger partial charge in [0, 0.05) is 16.9 Å². The quantitative estimate of drug-likeness (QED) is 0.541. The Morgan fingerprint density at radius 2 is 1.40 bits per heavy atom. The van der Waals surface area contributed by atoms with Crippen LogP contribution in [0.1, 0.15) is 0 Å². The molecule has 0 fully saturated rings. The maximum Gasteiger partial charge on any atom is 0.212 e. The number of benzene rings is 3. The summed E-state index contributed by atoms with van der Waals surface area (Å²) in [6.45, 7) is 0. The van der Waals surface area contributed by atoms with E-state index >= 15 is 0 Å². The Kier molecular flexibility index (Phi) is 4.01. The molecule has 25 heavy (non-hydrogen) atoms. The minimum absolute atomic E-state index is 0.253. The molecule has 4 rings (SSSR count). The van der Waals surface area contributed by atoms with Crippen molar-refractivity contribution < 1.29 is 4.39 Å². The summed E-state index contributed by atoms with van der Waals surface area (Å²) in [6, 6.07) is 26.3. The van der Waals surface area contributed by atoms with Gasteiger partial charge < -0.3 is 5.32 Å². The fourth-order valence-electron chi connectivity index (χ4n) is 2.75. The van der Waals surface area contributed by atoms with Crippen LogP contribution in [0.5, 0.6) is 0 Å². The molecule has 4 heteroatoms. The van der Waals surface area contributed by atoms with Crippen molar-refractivity contribution in [2.24, 2.45) is 0 Å². The Balaban J connectivity index is 1.83. The van der Waals surface area contributed by atoms with Crippen LogP contribution in [0.15, 0.2) is 91.1 Å². The Bertz CT molecular complexity index is 961. The molecular formula is C21H16FN3.